The van der Waals surface area contributed by atoms with Gasteiger partial charge < -0.3 is 15.2 Å². The lowest BCUT2D eigenvalue weighted by Gasteiger charge is -2.22. The Morgan fingerprint density at radius 1 is 1.09 bits per heavy atom. The largest absolute Gasteiger partial charge is 0.479 e. The summed E-state index contributed by atoms with van der Waals surface area (Å²) >= 11 is 0. The molecule has 22 heavy (non-hydrogen) atoms. The van der Waals surface area contributed by atoms with Crippen LogP contribution < -0.4 is 15.8 Å². The number of ether oxygens (including phenoxy) is 2. The van der Waals surface area contributed by atoms with Crippen LogP contribution in [0.25, 0.3) is 0 Å². The van der Waals surface area contributed by atoms with Gasteiger partial charge in [0.15, 0.2) is 12.2 Å². The molecule has 0 aliphatic heterocycles. The number of esters is 1. The van der Waals surface area contributed by atoms with E-state index in [0.29, 0.717) is 5.75 Å². The minimum absolute atomic E-state index is 0.327. The van der Waals surface area contributed by atoms with Crippen LogP contribution in [0.15, 0.2) is 30.3 Å². The summed E-state index contributed by atoms with van der Waals surface area (Å²) in [7, 11) is 0. The number of hydrogen-bond acceptors (Lipinski definition) is 5. The Kier molecular flexibility index (Phi) is 6.37. The molecule has 3 amide bonds. The molecule has 0 saturated carbocycles. The number of primary amides is 1. The van der Waals surface area contributed by atoms with E-state index in [2.05, 4.69) is 0 Å². The molecule has 1 rings (SSSR count). The average molecular weight is 308 g/mol. The molecular formula is C15H20N2O5. The predicted octanol–water partition coefficient (Wildman–Crippen LogP) is 1.22. The van der Waals surface area contributed by atoms with Crippen molar-refractivity contribution in [3.05, 3.63) is 30.3 Å². The van der Waals surface area contributed by atoms with Crippen molar-refractivity contribution in [1.82, 2.24) is 5.32 Å². The molecule has 0 aliphatic rings. The quantitative estimate of drug-likeness (QED) is 0.768. The molecule has 0 saturated heterocycles. The molecule has 0 radical (unpaired) electrons. The standard InChI is InChI=1S/C15H20N2O5/c1-9(2)12(13(18)17-15(16)20)22-14(19)10(3)21-11-7-5-4-6-8-11/h4-10,12H,1-3H3,(H3,16,17,18,20)/t10-,12+/m1/s1. The van der Waals surface area contributed by atoms with E-state index in [1.165, 1.54) is 6.92 Å². The normalized spacial score (nSPS) is 13.1. The van der Waals surface area contributed by atoms with E-state index < -0.39 is 30.1 Å². The Balaban J connectivity index is 2.66. The molecule has 0 unspecified atom stereocenters. The number of hydrogen-bond donors (Lipinski definition) is 2. The molecule has 3 N–H and O–H groups in total. The maximum atomic E-state index is 12.0. The van der Waals surface area contributed by atoms with Crippen molar-refractivity contribution < 1.29 is 23.9 Å². The fourth-order valence-corrected chi connectivity index (χ4v) is 1.66. The summed E-state index contributed by atoms with van der Waals surface area (Å²) in [5.41, 5.74) is 4.89. The van der Waals surface area contributed by atoms with E-state index in [-0.39, 0.29) is 5.92 Å². The predicted molar refractivity (Wildman–Crippen MR) is 79.0 cm³/mol. The Hall–Kier alpha value is -2.57. The van der Waals surface area contributed by atoms with E-state index in [1.807, 2.05) is 11.4 Å². The Labute approximate surface area is 128 Å². The van der Waals surface area contributed by atoms with Gasteiger partial charge in [-0.3, -0.25) is 10.1 Å². The second kappa shape index (κ2) is 8.02. The van der Waals surface area contributed by atoms with Crippen molar-refractivity contribution >= 4 is 17.9 Å². The first-order valence-electron chi connectivity index (χ1n) is 6.83. The first-order valence-corrected chi connectivity index (χ1v) is 6.83. The van der Waals surface area contributed by atoms with Crippen LogP contribution in [-0.2, 0) is 14.3 Å². The molecule has 0 spiro atoms. The number of amides is 3. The molecule has 120 valence electrons. The second-order valence-electron chi connectivity index (χ2n) is 5.03. The molecule has 0 bridgehead atoms. The molecule has 2 atom stereocenters. The molecule has 0 aliphatic carbocycles. The van der Waals surface area contributed by atoms with Crippen LogP contribution in [0, 0.1) is 5.92 Å². The van der Waals surface area contributed by atoms with E-state index >= 15 is 0 Å². The number of nitrogens with one attached hydrogen (secondary N) is 1. The number of carbonyl (C=O) groups excluding carboxylic acids is 3. The molecule has 0 fully saturated rings. The van der Waals surface area contributed by atoms with Gasteiger partial charge in [-0.2, -0.15) is 0 Å². The van der Waals surface area contributed by atoms with Crippen LogP contribution in [-0.4, -0.2) is 30.1 Å². The third-order valence-electron chi connectivity index (χ3n) is 2.74. The number of benzene rings is 1. The first-order chi connectivity index (χ1) is 10.3. The highest BCUT2D eigenvalue weighted by Gasteiger charge is 2.29. The van der Waals surface area contributed by atoms with Gasteiger partial charge in [-0.15, -0.1) is 0 Å². The summed E-state index contributed by atoms with van der Waals surface area (Å²) in [6, 6.07) is 7.75. The van der Waals surface area contributed by atoms with E-state index in [4.69, 9.17) is 15.2 Å². The minimum Gasteiger partial charge on any atom is -0.479 e. The molecule has 0 aromatic heterocycles. The van der Waals surface area contributed by atoms with Crippen molar-refractivity contribution in [3.63, 3.8) is 0 Å². The van der Waals surface area contributed by atoms with Gasteiger partial charge >= 0.3 is 12.0 Å². The zero-order valence-corrected chi connectivity index (χ0v) is 12.7. The minimum atomic E-state index is -1.12. The van der Waals surface area contributed by atoms with Gasteiger partial charge in [-0.05, 0) is 25.0 Å². The zero-order chi connectivity index (χ0) is 16.7. The molecule has 7 nitrogen and oxygen atoms in total. The van der Waals surface area contributed by atoms with E-state index in [0.717, 1.165) is 0 Å². The van der Waals surface area contributed by atoms with Crippen molar-refractivity contribution in [2.45, 2.75) is 33.0 Å². The summed E-state index contributed by atoms with van der Waals surface area (Å²) in [5.74, 6) is -1.29. The van der Waals surface area contributed by atoms with Gasteiger partial charge in [0.1, 0.15) is 5.75 Å². The number of nitrogens with two attached hydrogens (primary N) is 1. The summed E-state index contributed by atoms with van der Waals surface area (Å²) in [6.07, 6.45) is -2.02. The van der Waals surface area contributed by atoms with Gasteiger partial charge in [0.2, 0.25) is 0 Å². The lowest BCUT2D eigenvalue weighted by atomic mass is 10.1. The van der Waals surface area contributed by atoms with Crippen LogP contribution in [0.5, 0.6) is 5.75 Å². The summed E-state index contributed by atoms with van der Waals surface area (Å²) in [4.78, 5) is 34.5. The molecule has 1 aromatic carbocycles. The van der Waals surface area contributed by atoms with Crippen molar-refractivity contribution in [2.24, 2.45) is 11.7 Å². The smallest absolute Gasteiger partial charge is 0.347 e. The first kappa shape index (κ1) is 17.5. The van der Waals surface area contributed by atoms with E-state index in [1.54, 1.807) is 38.1 Å². The fourth-order valence-electron chi connectivity index (χ4n) is 1.66. The maximum Gasteiger partial charge on any atom is 0.347 e. The Bertz CT molecular complexity index is 530. The third kappa shape index (κ3) is 5.43. The average Bonchev–Trinajstić information content (AvgIpc) is 2.44. The number of carbonyl (C=O) groups is 3. The topological polar surface area (TPSA) is 108 Å². The van der Waals surface area contributed by atoms with Gasteiger partial charge in [0.05, 0.1) is 0 Å². The monoisotopic (exact) mass is 308 g/mol. The molecule has 7 heteroatoms. The summed E-state index contributed by atoms with van der Waals surface area (Å²) in [6.45, 7) is 4.88. The van der Waals surface area contributed by atoms with Crippen LogP contribution in [0.3, 0.4) is 0 Å². The summed E-state index contributed by atoms with van der Waals surface area (Å²) < 4.78 is 10.5. The van der Waals surface area contributed by atoms with Crippen LogP contribution >= 0.6 is 0 Å². The number of para-hydroxylation sites is 1. The third-order valence-corrected chi connectivity index (χ3v) is 2.74. The van der Waals surface area contributed by atoms with Gasteiger partial charge in [0, 0.05) is 0 Å². The molecule has 1 aromatic rings. The van der Waals surface area contributed by atoms with Crippen LogP contribution in [0.4, 0.5) is 4.79 Å². The molecule has 0 heterocycles. The SMILES string of the molecule is CC(C)[C@H](OC(=O)[C@@H](C)Oc1ccccc1)C(=O)NC(N)=O. The second-order valence-corrected chi connectivity index (χ2v) is 5.03. The molecular weight excluding hydrogens is 288 g/mol. The van der Waals surface area contributed by atoms with Crippen LogP contribution in [0.2, 0.25) is 0 Å². The number of urea groups is 1. The number of imide groups is 1. The Morgan fingerprint density at radius 3 is 2.18 bits per heavy atom. The lowest BCUT2D eigenvalue weighted by Crippen LogP contribution is -2.46. The zero-order valence-electron chi connectivity index (χ0n) is 12.7. The summed E-state index contributed by atoms with van der Waals surface area (Å²) in [5, 5.41) is 1.90. The van der Waals surface area contributed by atoms with Crippen molar-refractivity contribution in [2.75, 3.05) is 0 Å². The van der Waals surface area contributed by atoms with Crippen molar-refractivity contribution in [3.8, 4) is 5.75 Å². The van der Waals surface area contributed by atoms with Gasteiger partial charge in [0.25, 0.3) is 5.91 Å². The van der Waals surface area contributed by atoms with Gasteiger partial charge in [-0.1, -0.05) is 32.0 Å². The maximum absolute atomic E-state index is 12.0. The van der Waals surface area contributed by atoms with Gasteiger partial charge in [-0.25, -0.2) is 9.59 Å². The van der Waals surface area contributed by atoms with Crippen molar-refractivity contribution in [1.29, 1.82) is 0 Å². The highest BCUT2D eigenvalue weighted by atomic mass is 16.6. The Morgan fingerprint density at radius 2 is 1.68 bits per heavy atom. The highest BCUT2D eigenvalue weighted by molar-refractivity contribution is 5.96. The highest BCUT2D eigenvalue weighted by Crippen LogP contribution is 2.13. The van der Waals surface area contributed by atoms with E-state index in [9.17, 15) is 14.4 Å². The van der Waals surface area contributed by atoms with Crippen LogP contribution in [0.1, 0.15) is 20.8 Å². The fraction of sp³-hybridized carbons (Fsp3) is 0.400. The number of rotatable bonds is 6. The lowest BCUT2D eigenvalue weighted by molar-refractivity contribution is -0.164.